The SMILES string of the molecule is Cc1cc(C(=O)N2N=C(C3CC3)C[C@@]2(O)C(F)F)cs1. The number of thiophene rings is 1. The van der Waals surface area contributed by atoms with E-state index in [9.17, 15) is 18.7 Å². The van der Waals surface area contributed by atoms with E-state index in [0.717, 1.165) is 17.7 Å². The van der Waals surface area contributed by atoms with E-state index in [1.165, 1.54) is 11.3 Å². The number of nitrogens with zero attached hydrogens (tertiary/aromatic N) is 2. The maximum Gasteiger partial charge on any atom is 0.287 e. The Morgan fingerprint density at radius 1 is 1.60 bits per heavy atom. The van der Waals surface area contributed by atoms with Gasteiger partial charge < -0.3 is 5.11 Å². The van der Waals surface area contributed by atoms with Crippen molar-refractivity contribution in [2.75, 3.05) is 0 Å². The summed E-state index contributed by atoms with van der Waals surface area (Å²) in [6.45, 7) is 1.82. The van der Waals surface area contributed by atoms with Gasteiger partial charge in [-0.15, -0.1) is 11.3 Å². The molecule has 1 aliphatic heterocycles. The van der Waals surface area contributed by atoms with E-state index in [1.54, 1.807) is 11.4 Å². The van der Waals surface area contributed by atoms with Gasteiger partial charge in [0.15, 0.2) is 0 Å². The molecule has 4 nitrogen and oxygen atoms in total. The van der Waals surface area contributed by atoms with E-state index in [4.69, 9.17) is 0 Å². The lowest BCUT2D eigenvalue weighted by molar-refractivity contribution is -0.164. The first-order chi connectivity index (χ1) is 9.41. The van der Waals surface area contributed by atoms with Gasteiger partial charge in [-0.05, 0) is 31.7 Å². The zero-order valence-corrected chi connectivity index (χ0v) is 11.7. The highest BCUT2D eigenvalue weighted by molar-refractivity contribution is 7.10. The van der Waals surface area contributed by atoms with E-state index in [2.05, 4.69) is 5.10 Å². The first-order valence-electron chi connectivity index (χ1n) is 6.39. The van der Waals surface area contributed by atoms with Gasteiger partial charge in [0.25, 0.3) is 12.3 Å². The molecule has 1 atom stereocenters. The summed E-state index contributed by atoms with van der Waals surface area (Å²) >= 11 is 1.35. The Morgan fingerprint density at radius 2 is 2.30 bits per heavy atom. The summed E-state index contributed by atoms with van der Waals surface area (Å²) in [5, 5.41) is 16.3. The van der Waals surface area contributed by atoms with Gasteiger partial charge in [0.1, 0.15) is 0 Å². The largest absolute Gasteiger partial charge is 0.364 e. The van der Waals surface area contributed by atoms with Crippen LogP contribution in [-0.4, -0.2) is 33.9 Å². The van der Waals surface area contributed by atoms with Gasteiger partial charge in [0.05, 0.1) is 5.56 Å². The summed E-state index contributed by atoms with van der Waals surface area (Å²) in [4.78, 5) is 13.2. The van der Waals surface area contributed by atoms with Crippen LogP contribution in [0.25, 0.3) is 0 Å². The van der Waals surface area contributed by atoms with Crippen LogP contribution in [0.5, 0.6) is 0 Å². The number of hydrogen-bond acceptors (Lipinski definition) is 4. The van der Waals surface area contributed by atoms with Gasteiger partial charge in [0.2, 0.25) is 5.72 Å². The number of amides is 1. The van der Waals surface area contributed by atoms with Crippen molar-refractivity contribution in [3.63, 3.8) is 0 Å². The zero-order chi connectivity index (χ0) is 14.5. The van der Waals surface area contributed by atoms with Crippen molar-refractivity contribution < 1.29 is 18.7 Å². The Balaban J connectivity index is 1.93. The molecule has 2 heterocycles. The smallest absolute Gasteiger partial charge is 0.287 e. The lowest BCUT2D eigenvalue weighted by atomic mass is 10.0. The summed E-state index contributed by atoms with van der Waals surface area (Å²) in [6, 6.07) is 1.61. The molecule has 3 rings (SSSR count). The number of hydrogen-bond donors (Lipinski definition) is 1. The Kier molecular flexibility index (Phi) is 3.13. The van der Waals surface area contributed by atoms with Crippen molar-refractivity contribution in [2.24, 2.45) is 11.0 Å². The molecule has 0 spiro atoms. The molecule has 108 valence electrons. The summed E-state index contributed by atoms with van der Waals surface area (Å²) < 4.78 is 26.4. The summed E-state index contributed by atoms with van der Waals surface area (Å²) in [5.41, 5.74) is -1.72. The summed E-state index contributed by atoms with van der Waals surface area (Å²) in [7, 11) is 0. The van der Waals surface area contributed by atoms with E-state index in [0.29, 0.717) is 10.7 Å². The van der Waals surface area contributed by atoms with Crippen LogP contribution in [0.4, 0.5) is 8.78 Å². The lowest BCUT2D eigenvalue weighted by Crippen LogP contribution is -2.51. The highest BCUT2D eigenvalue weighted by Gasteiger charge is 2.54. The number of carbonyl (C=O) groups is 1. The van der Waals surface area contributed by atoms with E-state index in [1.807, 2.05) is 6.92 Å². The third-order valence-electron chi connectivity index (χ3n) is 3.60. The second-order valence-electron chi connectivity index (χ2n) is 5.28. The van der Waals surface area contributed by atoms with Crippen molar-refractivity contribution in [1.29, 1.82) is 0 Å². The molecule has 1 saturated carbocycles. The highest BCUT2D eigenvalue weighted by Crippen LogP contribution is 2.41. The fraction of sp³-hybridized carbons (Fsp3) is 0.538. The van der Waals surface area contributed by atoms with Crippen molar-refractivity contribution in [3.8, 4) is 0 Å². The molecule has 0 aromatic carbocycles. The van der Waals surface area contributed by atoms with Crippen LogP contribution in [-0.2, 0) is 0 Å². The van der Waals surface area contributed by atoms with Gasteiger partial charge in [-0.25, -0.2) is 8.78 Å². The Bertz CT molecular complexity index is 583. The Morgan fingerprint density at radius 3 is 2.80 bits per heavy atom. The molecule has 20 heavy (non-hydrogen) atoms. The highest BCUT2D eigenvalue weighted by atomic mass is 32.1. The number of aryl methyl sites for hydroxylation is 1. The third-order valence-corrected chi connectivity index (χ3v) is 4.47. The topological polar surface area (TPSA) is 52.9 Å². The molecule has 0 radical (unpaired) electrons. The second kappa shape index (κ2) is 4.60. The number of alkyl halides is 2. The van der Waals surface area contributed by atoms with Crippen LogP contribution < -0.4 is 0 Å². The van der Waals surface area contributed by atoms with Crippen LogP contribution in [0.2, 0.25) is 0 Å². The number of hydrazone groups is 1. The maximum absolute atomic E-state index is 13.2. The number of rotatable bonds is 3. The van der Waals surface area contributed by atoms with Gasteiger partial charge in [-0.2, -0.15) is 10.1 Å². The average Bonchev–Trinajstić information content (AvgIpc) is 3.05. The first-order valence-corrected chi connectivity index (χ1v) is 7.27. The van der Waals surface area contributed by atoms with E-state index >= 15 is 0 Å². The first kappa shape index (κ1) is 13.6. The predicted octanol–water partition coefficient (Wildman–Crippen LogP) is 2.62. The quantitative estimate of drug-likeness (QED) is 0.933. The average molecular weight is 300 g/mol. The van der Waals surface area contributed by atoms with Crippen LogP contribution in [0.15, 0.2) is 16.5 Å². The monoisotopic (exact) mass is 300 g/mol. The molecule has 1 aliphatic carbocycles. The fourth-order valence-electron chi connectivity index (χ4n) is 2.30. The minimum Gasteiger partial charge on any atom is -0.364 e. The molecule has 0 saturated heterocycles. The summed E-state index contributed by atoms with van der Waals surface area (Å²) in [6.07, 6.45) is -1.54. The second-order valence-corrected chi connectivity index (χ2v) is 6.40. The molecule has 1 amide bonds. The minimum absolute atomic E-state index is 0.141. The molecular formula is C13H14F2N2O2S. The molecular weight excluding hydrogens is 286 g/mol. The Labute approximate surface area is 118 Å². The molecule has 0 unspecified atom stereocenters. The van der Waals surface area contributed by atoms with Crippen LogP contribution in [0, 0.1) is 12.8 Å². The standard InChI is InChI=1S/C13H14F2N2O2S/c1-7-4-9(6-20-7)11(18)17-13(19,12(14)15)5-10(16-17)8-2-3-8/h4,6,8,12,19H,2-3,5H2,1H3/t13-/m1/s1. The third kappa shape index (κ3) is 2.14. The van der Waals surface area contributed by atoms with E-state index < -0.39 is 18.1 Å². The molecule has 1 fully saturated rings. The molecule has 1 aromatic rings. The normalized spacial score (nSPS) is 26.2. The molecule has 1 N–H and O–H groups in total. The van der Waals surface area contributed by atoms with Crippen molar-refractivity contribution in [2.45, 2.75) is 38.3 Å². The Hall–Kier alpha value is -1.34. The molecule has 0 bridgehead atoms. The minimum atomic E-state index is -3.05. The summed E-state index contributed by atoms with van der Waals surface area (Å²) in [5.74, 6) is -0.532. The maximum atomic E-state index is 13.2. The fourth-order valence-corrected chi connectivity index (χ4v) is 2.98. The zero-order valence-electron chi connectivity index (χ0n) is 10.8. The molecule has 7 heteroatoms. The van der Waals surface area contributed by atoms with E-state index in [-0.39, 0.29) is 17.9 Å². The predicted molar refractivity (Wildman–Crippen MR) is 71.0 cm³/mol. The van der Waals surface area contributed by atoms with Gasteiger partial charge in [-0.3, -0.25) is 4.79 Å². The number of aliphatic hydroxyl groups is 1. The van der Waals surface area contributed by atoms with Crippen molar-refractivity contribution >= 4 is 23.0 Å². The van der Waals surface area contributed by atoms with Crippen LogP contribution in [0.1, 0.15) is 34.5 Å². The van der Waals surface area contributed by atoms with Gasteiger partial charge >= 0.3 is 0 Å². The number of halogens is 2. The van der Waals surface area contributed by atoms with Crippen LogP contribution in [0.3, 0.4) is 0 Å². The van der Waals surface area contributed by atoms with Crippen molar-refractivity contribution in [1.82, 2.24) is 5.01 Å². The van der Waals surface area contributed by atoms with Crippen molar-refractivity contribution in [3.05, 3.63) is 21.9 Å². The molecule has 1 aromatic heterocycles. The van der Waals surface area contributed by atoms with Crippen LogP contribution >= 0.6 is 11.3 Å². The lowest BCUT2D eigenvalue weighted by Gasteiger charge is -2.29. The molecule has 2 aliphatic rings. The van der Waals surface area contributed by atoms with Gasteiger partial charge in [0, 0.05) is 22.4 Å². The van der Waals surface area contributed by atoms with Gasteiger partial charge in [-0.1, -0.05) is 0 Å². The number of carbonyl (C=O) groups excluding carboxylic acids is 1.